The predicted octanol–water partition coefficient (Wildman–Crippen LogP) is 2.81. The van der Waals surface area contributed by atoms with E-state index in [4.69, 9.17) is 0 Å². The van der Waals surface area contributed by atoms with Crippen molar-refractivity contribution < 1.29 is 9.53 Å². The number of benzene rings is 1. The Labute approximate surface area is 97.9 Å². The highest BCUT2D eigenvalue weighted by Crippen LogP contribution is 2.15. The van der Waals surface area contributed by atoms with Gasteiger partial charge in [-0.05, 0) is 30.7 Å². The summed E-state index contributed by atoms with van der Waals surface area (Å²) >= 11 is 3.35. The Kier molecular flexibility index (Phi) is 4.62. The van der Waals surface area contributed by atoms with E-state index in [0.717, 1.165) is 10.2 Å². The number of ether oxygens (including phenoxy) is 1. The molecule has 1 unspecified atom stereocenters. The third kappa shape index (κ3) is 3.55. The van der Waals surface area contributed by atoms with Gasteiger partial charge < -0.3 is 10.1 Å². The van der Waals surface area contributed by atoms with Crippen molar-refractivity contribution >= 4 is 27.6 Å². The minimum atomic E-state index is -0.281. The fourth-order valence-corrected chi connectivity index (χ4v) is 1.48. The first-order valence-corrected chi connectivity index (χ1v) is 5.56. The highest BCUT2D eigenvalue weighted by molar-refractivity contribution is 9.10. The van der Waals surface area contributed by atoms with Crippen molar-refractivity contribution in [1.82, 2.24) is 0 Å². The summed E-state index contributed by atoms with van der Waals surface area (Å²) in [5, 5.41) is 3.11. The molecule has 1 atom stereocenters. The van der Waals surface area contributed by atoms with Gasteiger partial charge in [-0.2, -0.15) is 0 Å². The molecule has 1 aromatic rings. The van der Waals surface area contributed by atoms with E-state index < -0.39 is 0 Å². The summed E-state index contributed by atoms with van der Waals surface area (Å²) in [4.78, 5) is 11.3. The van der Waals surface area contributed by atoms with E-state index in [1.165, 1.54) is 7.11 Å². The summed E-state index contributed by atoms with van der Waals surface area (Å²) < 4.78 is 5.70. The molecule has 1 N–H and O–H groups in total. The first-order chi connectivity index (χ1) is 7.17. The fourth-order valence-electron chi connectivity index (χ4n) is 1.22. The molecule has 0 aliphatic rings. The predicted molar refractivity (Wildman–Crippen MR) is 63.9 cm³/mol. The summed E-state index contributed by atoms with van der Waals surface area (Å²) in [7, 11) is 1.40. The molecule has 0 heterocycles. The zero-order chi connectivity index (χ0) is 11.3. The van der Waals surface area contributed by atoms with E-state index in [1.807, 2.05) is 31.2 Å². The molecule has 0 fully saturated rings. The van der Waals surface area contributed by atoms with Crippen molar-refractivity contribution in [3.05, 3.63) is 28.7 Å². The van der Waals surface area contributed by atoms with Gasteiger partial charge in [0.2, 0.25) is 0 Å². The molecule has 0 spiro atoms. The van der Waals surface area contributed by atoms with E-state index >= 15 is 0 Å². The summed E-state index contributed by atoms with van der Waals surface area (Å²) in [6.07, 6.45) is 0.697. The molecule has 1 rings (SSSR count). The SMILES string of the molecule is CCC(Nc1ccc(Br)cc1)C(=O)OC. The molecule has 0 saturated carbocycles. The average Bonchev–Trinajstić information content (AvgIpc) is 2.27. The third-order valence-electron chi connectivity index (χ3n) is 2.08. The number of methoxy groups -OCH3 is 1. The van der Waals surface area contributed by atoms with Crippen LogP contribution in [0.25, 0.3) is 0 Å². The molecule has 15 heavy (non-hydrogen) atoms. The second kappa shape index (κ2) is 5.75. The summed E-state index contributed by atoms with van der Waals surface area (Å²) in [6, 6.07) is 7.39. The molecule has 1 aromatic carbocycles. The Bertz CT molecular complexity index is 324. The van der Waals surface area contributed by atoms with E-state index in [-0.39, 0.29) is 12.0 Å². The molecule has 3 nitrogen and oxygen atoms in total. The number of nitrogens with one attached hydrogen (secondary N) is 1. The van der Waals surface area contributed by atoms with Crippen LogP contribution >= 0.6 is 15.9 Å². The number of hydrogen-bond acceptors (Lipinski definition) is 3. The first-order valence-electron chi connectivity index (χ1n) is 4.77. The van der Waals surface area contributed by atoms with Crippen LogP contribution in [0.5, 0.6) is 0 Å². The van der Waals surface area contributed by atoms with Crippen LogP contribution in [0, 0.1) is 0 Å². The molecular weight excluding hydrogens is 258 g/mol. The Morgan fingerprint density at radius 2 is 2.07 bits per heavy atom. The highest BCUT2D eigenvalue weighted by Gasteiger charge is 2.15. The molecular formula is C11H14BrNO2. The average molecular weight is 272 g/mol. The Morgan fingerprint density at radius 3 is 2.53 bits per heavy atom. The number of rotatable bonds is 4. The zero-order valence-electron chi connectivity index (χ0n) is 8.79. The molecule has 82 valence electrons. The van der Waals surface area contributed by atoms with Gasteiger partial charge in [0, 0.05) is 10.2 Å². The van der Waals surface area contributed by atoms with Gasteiger partial charge in [-0.3, -0.25) is 0 Å². The van der Waals surface area contributed by atoms with Crippen molar-refractivity contribution in [3.63, 3.8) is 0 Å². The molecule has 4 heteroatoms. The minimum Gasteiger partial charge on any atom is -0.467 e. The van der Waals surface area contributed by atoms with E-state index in [0.29, 0.717) is 6.42 Å². The highest BCUT2D eigenvalue weighted by atomic mass is 79.9. The molecule has 0 amide bonds. The molecule has 0 aliphatic heterocycles. The monoisotopic (exact) mass is 271 g/mol. The smallest absolute Gasteiger partial charge is 0.328 e. The lowest BCUT2D eigenvalue weighted by molar-refractivity contribution is -0.141. The summed E-state index contributed by atoms with van der Waals surface area (Å²) in [5.74, 6) is -0.236. The van der Waals surface area contributed by atoms with E-state index in [1.54, 1.807) is 0 Å². The van der Waals surface area contributed by atoms with Crippen LogP contribution in [-0.2, 0) is 9.53 Å². The van der Waals surface area contributed by atoms with Crippen molar-refractivity contribution in [2.75, 3.05) is 12.4 Å². The normalized spacial score (nSPS) is 11.9. The van der Waals surface area contributed by atoms with Gasteiger partial charge in [0.15, 0.2) is 0 Å². The topological polar surface area (TPSA) is 38.3 Å². The molecule has 0 aliphatic carbocycles. The zero-order valence-corrected chi connectivity index (χ0v) is 10.4. The molecule has 0 bridgehead atoms. The van der Waals surface area contributed by atoms with Crippen molar-refractivity contribution in [1.29, 1.82) is 0 Å². The molecule has 0 saturated heterocycles. The van der Waals surface area contributed by atoms with Gasteiger partial charge in [-0.15, -0.1) is 0 Å². The van der Waals surface area contributed by atoms with Crippen LogP contribution in [0.2, 0.25) is 0 Å². The van der Waals surface area contributed by atoms with Gasteiger partial charge in [0.05, 0.1) is 7.11 Å². The van der Waals surface area contributed by atoms with Gasteiger partial charge in [0.1, 0.15) is 6.04 Å². The van der Waals surface area contributed by atoms with Crippen LogP contribution in [0.4, 0.5) is 5.69 Å². The number of carbonyl (C=O) groups excluding carboxylic acids is 1. The van der Waals surface area contributed by atoms with Crippen molar-refractivity contribution in [3.8, 4) is 0 Å². The van der Waals surface area contributed by atoms with Gasteiger partial charge in [-0.25, -0.2) is 4.79 Å². The maximum absolute atomic E-state index is 11.3. The largest absolute Gasteiger partial charge is 0.467 e. The van der Waals surface area contributed by atoms with Gasteiger partial charge >= 0.3 is 5.97 Å². The summed E-state index contributed by atoms with van der Waals surface area (Å²) in [5.41, 5.74) is 0.912. The first kappa shape index (κ1) is 12.0. The lowest BCUT2D eigenvalue weighted by atomic mass is 10.2. The number of esters is 1. The second-order valence-electron chi connectivity index (χ2n) is 3.14. The van der Waals surface area contributed by atoms with Crippen molar-refractivity contribution in [2.24, 2.45) is 0 Å². The van der Waals surface area contributed by atoms with E-state index in [2.05, 4.69) is 26.0 Å². The minimum absolute atomic E-state index is 0.236. The van der Waals surface area contributed by atoms with Gasteiger partial charge in [-0.1, -0.05) is 22.9 Å². The number of carbonyl (C=O) groups is 1. The van der Waals surface area contributed by atoms with Crippen LogP contribution in [-0.4, -0.2) is 19.1 Å². The molecule has 0 aromatic heterocycles. The van der Waals surface area contributed by atoms with Crippen LogP contribution in [0.15, 0.2) is 28.7 Å². The summed E-state index contributed by atoms with van der Waals surface area (Å²) in [6.45, 7) is 1.94. The number of halogens is 1. The number of hydrogen-bond donors (Lipinski definition) is 1. The third-order valence-corrected chi connectivity index (χ3v) is 2.61. The Balaban J connectivity index is 2.66. The second-order valence-corrected chi connectivity index (χ2v) is 4.05. The maximum atomic E-state index is 11.3. The Morgan fingerprint density at radius 1 is 1.47 bits per heavy atom. The van der Waals surface area contributed by atoms with Crippen LogP contribution in [0.3, 0.4) is 0 Å². The number of anilines is 1. The lowest BCUT2D eigenvalue weighted by Gasteiger charge is -2.15. The maximum Gasteiger partial charge on any atom is 0.328 e. The molecule has 0 radical (unpaired) electrons. The van der Waals surface area contributed by atoms with Crippen LogP contribution in [0.1, 0.15) is 13.3 Å². The van der Waals surface area contributed by atoms with Crippen LogP contribution < -0.4 is 5.32 Å². The quantitative estimate of drug-likeness (QED) is 0.856. The van der Waals surface area contributed by atoms with E-state index in [9.17, 15) is 4.79 Å². The fraction of sp³-hybridized carbons (Fsp3) is 0.364. The lowest BCUT2D eigenvalue weighted by Crippen LogP contribution is -2.29. The van der Waals surface area contributed by atoms with Gasteiger partial charge in [0.25, 0.3) is 0 Å². The van der Waals surface area contributed by atoms with Crippen molar-refractivity contribution in [2.45, 2.75) is 19.4 Å². The standard InChI is InChI=1S/C11H14BrNO2/c1-3-10(11(14)15-2)13-9-6-4-8(12)5-7-9/h4-7,10,13H,3H2,1-2H3. The Hall–Kier alpha value is -1.03.